The summed E-state index contributed by atoms with van der Waals surface area (Å²) < 4.78 is 40.4. The Balaban J connectivity index is 2.55. The molecule has 0 saturated carbocycles. The fraction of sp³-hybridized carbons (Fsp3) is 0.200. The minimum absolute atomic E-state index is 0.0195. The van der Waals surface area contributed by atoms with Gasteiger partial charge in [0, 0.05) is 17.6 Å². The molecule has 0 atom stereocenters. The first kappa shape index (κ1) is 26.4. The molecule has 0 unspecified atom stereocenters. The predicted molar refractivity (Wildman–Crippen MR) is 124 cm³/mol. The molecule has 0 saturated heterocycles. The van der Waals surface area contributed by atoms with Gasteiger partial charge in [-0.1, -0.05) is 11.6 Å². The Hall–Kier alpha value is -3.84. The lowest BCUT2D eigenvalue weighted by molar-refractivity contribution is -0.114. The van der Waals surface area contributed by atoms with Crippen LogP contribution < -0.4 is 20.1 Å². The Morgan fingerprint density at radius 1 is 1.00 bits per heavy atom. The lowest BCUT2D eigenvalue weighted by Gasteiger charge is -2.16. The Kier molecular flexibility index (Phi) is 8.81. The van der Waals surface area contributed by atoms with Crippen molar-refractivity contribution in [1.29, 1.82) is 0 Å². The Labute approximate surface area is 200 Å². The van der Waals surface area contributed by atoms with Gasteiger partial charge in [0.1, 0.15) is 10.6 Å². The first-order chi connectivity index (χ1) is 15.9. The zero-order valence-corrected chi connectivity index (χ0v) is 20.0. The lowest BCUT2D eigenvalue weighted by atomic mass is 10.2. The van der Waals surface area contributed by atoms with Gasteiger partial charge in [-0.15, -0.1) is 4.99 Å². The van der Waals surface area contributed by atoms with Crippen LogP contribution in [0.25, 0.3) is 0 Å². The molecule has 2 aromatic carbocycles. The number of hydrogen-bond acceptors (Lipinski definition) is 8. The van der Waals surface area contributed by atoms with E-state index in [4.69, 9.17) is 15.8 Å². The number of nitrogens with one attached hydrogen (secondary N) is 3. The maximum Gasteiger partial charge on any atom is 0.436 e. The summed E-state index contributed by atoms with van der Waals surface area (Å²) in [4.78, 5) is 37.7. The van der Waals surface area contributed by atoms with Crippen LogP contribution in [0.4, 0.5) is 21.0 Å². The molecule has 12 nitrogen and oxygen atoms in total. The van der Waals surface area contributed by atoms with E-state index in [0.717, 1.165) is 20.3 Å². The Morgan fingerprint density at radius 3 is 2.29 bits per heavy atom. The van der Waals surface area contributed by atoms with Crippen molar-refractivity contribution in [2.75, 3.05) is 24.9 Å². The van der Waals surface area contributed by atoms with E-state index in [2.05, 4.69) is 30.4 Å². The molecule has 0 fully saturated rings. The van der Waals surface area contributed by atoms with Crippen LogP contribution in [0.3, 0.4) is 0 Å². The van der Waals surface area contributed by atoms with Gasteiger partial charge < -0.3 is 24.3 Å². The molecule has 0 aliphatic heterocycles. The maximum atomic E-state index is 13.1. The summed E-state index contributed by atoms with van der Waals surface area (Å²) in [6.45, 7) is 2.91. The van der Waals surface area contributed by atoms with Crippen LogP contribution in [-0.4, -0.2) is 46.7 Å². The first-order valence-electron chi connectivity index (χ1n) is 9.36. The van der Waals surface area contributed by atoms with Crippen LogP contribution in [0.15, 0.2) is 46.3 Å². The number of rotatable bonds is 5. The van der Waals surface area contributed by atoms with E-state index in [9.17, 15) is 22.8 Å². The average Bonchev–Trinajstić information content (AvgIpc) is 2.76. The van der Waals surface area contributed by atoms with Crippen molar-refractivity contribution in [2.24, 2.45) is 4.99 Å². The smallest absolute Gasteiger partial charge is 0.436 e. The highest BCUT2D eigenvalue weighted by atomic mass is 35.5. The van der Waals surface area contributed by atoms with Crippen molar-refractivity contribution >= 4 is 57.1 Å². The van der Waals surface area contributed by atoms with Gasteiger partial charge in [0.15, 0.2) is 0 Å². The number of anilines is 2. The van der Waals surface area contributed by atoms with Gasteiger partial charge >= 0.3 is 22.3 Å². The summed E-state index contributed by atoms with van der Waals surface area (Å²) in [7, 11) is -2.39. The minimum Gasteiger partial charge on any atom is -0.453 e. The van der Waals surface area contributed by atoms with Crippen LogP contribution in [0, 0.1) is 6.92 Å². The third kappa shape index (κ3) is 7.35. The molecule has 2 aromatic rings. The van der Waals surface area contributed by atoms with Crippen molar-refractivity contribution in [3.8, 4) is 5.75 Å². The summed E-state index contributed by atoms with van der Waals surface area (Å²) in [6.07, 6.45) is -2.09. The summed E-state index contributed by atoms with van der Waals surface area (Å²) in [5.41, 5.74) is 0.563. The number of halogens is 1. The van der Waals surface area contributed by atoms with Gasteiger partial charge in [-0.3, -0.25) is 10.1 Å². The fourth-order valence-corrected chi connectivity index (χ4v) is 3.68. The molecule has 0 aliphatic rings. The largest absolute Gasteiger partial charge is 0.453 e. The molecule has 14 heteroatoms. The summed E-state index contributed by atoms with van der Waals surface area (Å²) >= 11 is 5.98. The number of nitrogens with zero attached hydrogens (tertiary/aromatic N) is 1. The maximum absolute atomic E-state index is 13.1. The number of alkyl carbamates (subject to hydrolysis) is 1. The Bertz CT molecular complexity index is 1250. The molecule has 34 heavy (non-hydrogen) atoms. The molecule has 0 bridgehead atoms. The molecule has 0 heterocycles. The van der Waals surface area contributed by atoms with Gasteiger partial charge in [0.2, 0.25) is 11.9 Å². The molecule has 182 valence electrons. The standard InChI is InChI=1S/C20H21ClN4O8S/c1-11-9-14(6-7-15(11)21)33-34(29,30)17-10-13(22-12(2)26)5-8-16(17)23-18(24-19(27)31-3)25-20(28)32-4/h5-10H,1-4H3,(H,22,26)(H2,23,24,25,27,28). The highest BCUT2D eigenvalue weighted by Crippen LogP contribution is 2.30. The van der Waals surface area contributed by atoms with E-state index in [0.29, 0.717) is 10.6 Å². The van der Waals surface area contributed by atoms with E-state index >= 15 is 0 Å². The SMILES string of the molecule is COC(=O)N=C(NC(=O)OC)Nc1ccc(NC(C)=O)cc1S(=O)(=O)Oc1ccc(Cl)c(C)c1. The number of methoxy groups -OCH3 is 2. The minimum atomic E-state index is -4.52. The van der Waals surface area contributed by atoms with E-state index in [1.165, 1.54) is 37.3 Å². The monoisotopic (exact) mass is 512 g/mol. The number of benzene rings is 2. The van der Waals surface area contributed by atoms with Crippen LogP contribution in [0.1, 0.15) is 12.5 Å². The number of aryl methyl sites for hydroxylation is 1. The van der Waals surface area contributed by atoms with Crippen molar-refractivity contribution in [3.63, 3.8) is 0 Å². The molecular weight excluding hydrogens is 492 g/mol. The van der Waals surface area contributed by atoms with Crippen molar-refractivity contribution in [1.82, 2.24) is 5.32 Å². The van der Waals surface area contributed by atoms with Crippen molar-refractivity contribution in [3.05, 3.63) is 47.0 Å². The second-order valence-electron chi connectivity index (χ2n) is 6.51. The lowest BCUT2D eigenvalue weighted by Crippen LogP contribution is -2.37. The third-order valence-corrected chi connectivity index (χ3v) is 5.66. The molecular formula is C20H21ClN4O8S. The van der Waals surface area contributed by atoms with Gasteiger partial charge in [-0.05, 0) is 48.9 Å². The van der Waals surface area contributed by atoms with Gasteiger partial charge in [0.05, 0.1) is 19.9 Å². The van der Waals surface area contributed by atoms with Crippen molar-refractivity contribution in [2.45, 2.75) is 18.7 Å². The van der Waals surface area contributed by atoms with Crippen LogP contribution >= 0.6 is 11.6 Å². The van der Waals surface area contributed by atoms with Crippen LogP contribution in [-0.2, 0) is 24.4 Å². The van der Waals surface area contributed by atoms with E-state index in [-0.39, 0.29) is 17.1 Å². The zero-order chi connectivity index (χ0) is 25.5. The second-order valence-corrected chi connectivity index (χ2v) is 8.43. The zero-order valence-electron chi connectivity index (χ0n) is 18.5. The fourth-order valence-electron chi connectivity index (χ4n) is 2.45. The van der Waals surface area contributed by atoms with E-state index < -0.39 is 39.1 Å². The average molecular weight is 513 g/mol. The van der Waals surface area contributed by atoms with E-state index in [1.54, 1.807) is 6.92 Å². The van der Waals surface area contributed by atoms with Gasteiger partial charge in [-0.25, -0.2) is 9.59 Å². The van der Waals surface area contributed by atoms with Crippen molar-refractivity contribution < 1.29 is 36.5 Å². The molecule has 2 rings (SSSR count). The third-order valence-electron chi connectivity index (χ3n) is 3.94. The molecule has 0 radical (unpaired) electrons. The molecule has 0 aliphatic carbocycles. The number of aliphatic imine (C=N–C) groups is 1. The summed E-state index contributed by atoms with van der Waals surface area (Å²) in [5, 5.41) is 7.52. The number of guanidine groups is 1. The van der Waals surface area contributed by atoms with E-state index in [1.807, 2.05) is 0 Å². The number of carbonyl (C=O) groups is 3. The molecule has 0 aromatic heterocycles. The molecule has 3 amide bonds. The predicted octanol–water partition coefficient (Wildman–Crippen LogP) is 3.26. The Morgan fingerprint density at radius 2 is 1.71 bits per heavy atom. The number of hydrogen-bond donors (Lipinski definition) is 3. The number of carbonyl (C=O) groups excluding carboxylic acids is 3. The number of ether oxygens (including phenoxy) is 2. The molecule has 0 spiro atoms. The second kappa shape index (κ2) is 11.3. The van der Waals surface area contributed by atoms with Gasteiger partial charge in [0.25, 0.3) is 0 Å². The van der Waals surface area contributed by atoms with Gasteiger partial charge in [-0.2, -0.15) is 8.42 Å². The van der Waals surface area contributed by atoms with Crippen LogP contribution in [0.2, 0.25) is 5.02 Å². The topological polar surface area (TPSA) is 161 Å². The normalized spacial score (nSPS) is 11.3. The first-order valence-corrected chi connectivity index (χ1v) is 11.1. The highest BCUT2D eigenvalue weighted by molar-refractivity contribution is 7.87. The summed E-state index contributed by atoms with van der Waals surface area (Å²) in [5.74, 6) is -0.961. The highest BCUT2D eigenvalue weighted by Gasteiger charge is 2.24. The van der Waals surface area contributed by atoms with Crippen LogP contribution in [0.5, 0.6) is 5.75 Å². The number of amides is 3. The summed E-state index contributed by atoms with van der Waals surface area (Å²) in [6, 6.07) is 8.02. The quantitative estimate of drug-likeness (QED) is 0.310. The molecule has 3 N–H and O–H groups in total.